The summed E-state index contributed by atoms with van der Waals surface area (Å²) in [5, 5.41) is 7.47. The van der Waals surface area contributed by atoms with Crippen LogP contribution < -0.4 is 0 Å². The van der Waals surface area contributed by atoms with Crippen LogP contribution in [0, 0.1) is 0 Å². The van der Waals surface area contributed by atoms with Crippen LogP contribution in [0.4, 0.5) is 13.2 Å². The highest BCUT2D eigenvalue weighted by atomic mass is 19.4. The van der Waals surface area contributed by atoms with E-state index < -0.39 is 12.7 Å². The molecule has 0 aliphatic heterocycles. The Labute approximate surface area is 100 Å². The summed E-state index contributed by atoms with van der Waals surface area (Å²) in [6.45, 7) is -0.523. The summed E-state index contributed by atoms with van der Waals surface area (Å²) in [7, 11) is 0. The van der Waals surface area contributed by atoms with Crippen LogP contribution in [0.15, 0.2) is 19.0 Å². The van der Waals surface area contributed by atoms with Crippen LogP contribution in [0.1, 0.15) is 12.2 Å². The van der Waals surface area contributed by atoms with Gasteiger partial charge in [0.2, 0.25) is 0 Å². The number of halogens is 3. The van der Waals surface area contributed by atoms with Gasteiger partial charge in [-0.1, -0.05) is 0 Å². The number of aromatic nitrogens is 6. The molecule has 2 aromatic rings. The van der Waals surface area contributed by atoms with Gasteiger partial charge < -0.3 is 0 Å². The summed E-state index contributed by atoms with van der Waals surface area (Å²) >= 11 is 0. The molecule has 9 heteroatoms. The van der Waals surface area contributed by atoms with E-state index in [1.165, 1.54) is 6.33 Å². The zero-order valence-corrected chi connectivity index (χ0v) is 9.38. The molecule has 2 rings (SSSR count). The van der Waals surface area contributed by atoms with E-state index in [1.54, 1.807) is 11.0 Å². The van der Waals surface area contributed by atoms with Crippen molar-refractivity contribution in [2.75, 3.05) is 0 Å². The minimum Gasteiger partial charge on any atom is -0.253 e. The summed E-state index contributed by atoms with van der Waals surface area (Å²) in [6, 6.07) is 0. The van der Waals surface area contributed by atoms with E-state index in [1.807, 2.05) is 0 Å². The molecule has 0 unspecified atom stereocenters. The largest absolute Gasteiger partial charge is 0.408 e. The lowest BCUT2D eigenvalue weighted by Gasteiger charge is -2.08. The molecule has 0 N–H and O–H groups in total. The fraction of sp³-hybridized carbons (Fsp3) is 0.556. The maximum Gasteiger partial charge on any atom is 0.408 e. The Morgan fingerprint density at radius 3 is 2.67 bits per heavy atom. The molecule has 2 aromatic heterocycles. The molecule has 0 saturated carbocycles. The third kappa shape index (κ3) is 3.54. The van der Waals surface area contributed by atoms with Gasteiger partial charge >= 0.3 is 6.18 Å². The maximum atomic E-state index is 12.2. The summed E-state index contributed by atoms with van der Waals surface area (Å²) < 4.78 is 39.2. The Kier molecular flexibility index (Phi) is 3.58. The Morgan fingerprint density at radius 1 is 1.17 bits per heavy atom. The molecule has 0 aliphatic carbocycles. The number of hydrogen-bond donors (Lipinski definition) is 0. The molecule has 0 aliphatic rings. The average molecular weight is 260 g/mol. The van der Waals surface area contributed by atoms with E-state index in [2.05, 4.69) is 20.2 Å². The Hall–Kier alpha value is -1.93. The van der Waals surface area contributed by atoms with Crippen molar-refractivity contribution in [3.63, 3.8) is 0 Å². The Balaban J connectivity index is 1.88. The molecule has 0 fully saturated rings. The van der Waals surface area contributed by atoms with Gasteiger partial charge in [0, 0.05) is 13.0 Å². The van der Waals surface area contributed by atoms with Crippen molar-refractivity contribution in [2.45, 2.75) is 32.1 Å². The highest BCUT2D eigenvalue weighted by molar-refractivity contribution is 4.85. The van der Waals surface area contributed by atoms with Crippen LogP contribution in [-0.2, 0) is 19.5 Å². The van der Waals surface area contributed by atoms with Gasteiger partial charge in [0.25, 0.3) is 0 Å². The van der Waals surface area contributed by atoms with Crippen LogP contribution >= 0.6 is 0 Å². The lowest BCUT2D eigenvalue weighted by atomic mass is 10.3. The van der Waals surface area contributed by atoms with E-state index in [-0.39, 0.29) is 0 Å². The fourth-order valence-corrected chi connectivity index (χ4v) is 1.53. The van der Waals surface area contributed by atoms with Crippen LogP contribution in [0.5, 0.6) is 0 Å². The van der Waals surface area contributed by atoms with Crippen LogP contribution in [-0.4, -0.2) is 35.7 Å². The quantitative estimate of drug-likeness (QED) is 0.806. The monoisotopic (exact) mass is 260 g/mol. The van der Waals surface area contributed by atoms with E-state index >= 15 is 0 Å². The third-order valence-electron chi connectivity index (χ3n) is 2.28. The van der Waals surface area contributed by atoms with Crippen LogP contribution in [0.25, 0.3) is 0 Å². The second-order valence-electron chi connectivity index (χ2n) is 3.71. The lowest BCUT2D eigenvalue weighted by Crippen LogP contribution is -2.20. The normalized spacial score (nSPS) is 11.9. The number of aryl methyl sites for hydroxylation is 2. The summed E-state index contributed by atoms with van der Waals surface area (Å²) in [5.41, 5.74) is 0. The highest BCUT2D eigenvalue weighted by Gasteiger charge is 2.29. The number of rotatable bonds is 5. The van der Waals surface area contributed by atoms with E-state index in [9.17, 15) is 13.2 Å². The second kappa shape index (κ2) is 5.15. The number of nitrogens with zero attached hydrogens (tertiary/aromatic N) is 6. The van der Waals surface area contributed by atoms with Crippen molar-refractivity contribution in [1.82, 2.24) is 29.5 Å². The fourth-order valence-electron chi connectivity index (χ4n) is 1.53. The SMILES string of the molecule is FC(F)(F)Cn1ncnc1CCCn1cncn1. The van der Waals surface area contributed by atoms with Gasteiger partial charge in [-0.15, -0.1) is 0 Å². The van der Waals surface area contributed by atoms with E-state index in [0.29, 0.717) is 25.2 Å². The van der Waals surface area contributed by atoms with Crippen molar-refractivity contribution < 1.29 is 13.2 Å². The average Bonchev–Trinajstić information content (AvgIpc) is 2.89. The van der Waals surface area contributed by atoms with E-state index in [0.717, 1.165) is 11.0 Å². The van der Waals surface area contributed by atoms with Crippen molar-refractivity contribution in [2.24, 2.45) is 0 Å². The zero-order valence-electron chi connectivity index (χ0n) is 9.38. The topological polar surface area (TPSA) is 61.4 Å². The minimum atomic E-state index is -4.28. The molecule has 0 atom stereocenters. The Morgan fingerprint density at radius 2 is 2.00 bits per heavy atom. The molecular formula is C9H11F3N6. The van der Waals surface area contributed by atoms with Gasteiger partial charge in [0.15, 0.2) is 0 Å². The Bertz CT molecular complexity index is 475. The smallest absolute Gasteiger partial charge is 0.253 e. The predicted molar refractivity (Wildman–Crippen MR) is 54.4 cm³/mol. The zero-order chi connectivity index (χ0) is 13.0. The molecular weight excluding hydrogens is 249 g/mol. The molecule has 2 heterocycles. The van der Waals surface area contributed by atoms with Crippen molar-refractivity contribution in [3.05, 3.63) is 24.8 Å². The molecule has 0 amide bonds. The summed E-state index contributed by atoms with van der Waals surface area (Å²) in [5.74, 6) is 0.326. The van der Waals surface area contributed by atoms with Gasteiger partial charge in [-0.25, -0.2) is 14.6 Å². The molecule has 6 nitrogen and oxygen atoms in total. The number of alkyl halides is 3. The number of hydrogen-bond acceptors (Lipinski definition) is 4. The van der Waals surface area contributed by atoms with Crippen molar-refractivity contribution in [1.29, 1.82) is 0 Å². The minimum absolute atomic E-state index is 0.326. The molecule has 0 saturated heterocycles. The molecule has 98 valence electrons. The molecule has 18 heavy (non-hydrogen) atoms. The second-order valence-corrected chi connectivity index (χ2v) is 3.71. The molecule has 0 radical (unpaired) electrons. The van der Waals surface area contributed by atoms with Crippen LogP contribution in [0.3, 0.4) is 0 Å². The van der Waals surface area contributed by atoms with Crippen LogP contribution in [0.2, 0.25) is 0 Å². The summed E-state index contributed by atoms with van der Waals surface area (Å²) in [6.07, 6.45) is 0.855. The molecule has 0 bridgehead atoms. The first-order valence-corrected chi connectivity index (χ1v) is 5.30. The van der Waals surface area contributed by atoms with Gasteiger partial charge in [0.05, 0.1) is 0 Å². The van der Waals surface area contributed by atoms with Gasteiger partial charge in [-0.2, -0.15) is 23.4 Å². The molecule has 0 aromatic carbocycles. The van der Waals surface area contributed by atoms with Crippen molar-refractivity contribution in [3.8, 4) is 0 Å². The lowest BCUT2D eigenvalue weighted by molar-refractivity contribution is -0.143. The third-order valence-corrected chi connectivity index (χ3v) is 2.28. The summed E-state index contributed by atoms with van der Waals surface area (Å²) in [4.78, 5) is 7.60. The van der Waals surface area contributed by atoms with E-state index in [4.69, 9.17) is 0 Å². The van der Waals surface area contributed by atoms with Gasteiger partial charge in [0.1, 0.15) is 31.4 Å². The predicted octanol–water partition coefficient (Wildman–Crippen LogP) is 1.06. The standard InChI is InChI=1S/C9H11F3N6/c10-9(11,12)4-18-8(14-6-16-18)2-1-3-17-7-13-5-15-17/h5-7H,1-4H2. The maximum absolute atomic E-state index is 12.2. The van der Waals surface area contributed by atoms with Gasteiger partial charge in [-0.05, 0) is 6.42 Å². The highest BCUT2D eigenvalue weighted by Crippen LogP contribution is 2.17. The first-order valence-electron chi connectivity index (χ1n) is 5.30. The molecule has 0 spiro atoms. The first kappa shape index (κ1) is 12.5. The van der Waals surface area contributed by atoms with Crippen molar-refractivity contribution >= 4 is 0 Å². The van der Waals surface area contributed by atoms with Gasteiger partial charge in [-0.3, -0.25) is 4.68 Å². The first-order chi connectivity index (χ1) is 8.54.